The van der Waals surface area contributed by atoms with Gasteiger partial charge in [-0.15, -0.1) is 0 Å². The quantitative estimate of drug-likeness (QED) is 0.306. The van der Waals surface area contributed by atoms with E-state index in [2.05, 4.69) is 38.7 Å². The van der Waals surface area contributed by atoms with Crippen molar-refractivity contribution in [2.24, 2.45) is 0 Å². The summed E-state index contributed by atoms with van der Waals surface area (Å²) in [6, 6.07) is 0. The second kappa shape index (κ2) is 14.2. The molecule has 0 saturated heterocycles. The standard InChI is InChI=1S/C16H28Te/c1-4-7-10-11-12-14-16(13-8-5-2)17-15-9-6-3/h14H,4-10,13,15H2,1-3H3/b16-14-. The fourth-order valence-electron chi connectivity index (χ4n) is 1.35. The fourth-order valence-corrected chi connectivity index (χ4v) is 4.57. The Balaban J connectivity index is 4.02. The molecule has 98 valence electrons. The van der Waals surface area contributed by atoms with Crippen LogP contribution in [0.5, 0.6) is 0 Å². The Kier molecular flexibility index (Phi) is 14.2. The van der Waals surface area contributed by atoms with Gasteiger partial charge in [0.15, 0.2) is 0 Å². The van der Waals surface area contributed by atoms with Crippen molar-refractivity contribution in [1.29, 1.82) is 0 Å². The molecule has 0 saturated carbocycles. The third-order valence-corrected chi connectivity index (χ3v) is 5.94. The normalized spacial score (nSPS) is 11.1. The van der Waals surface area contributed by atoms with E-state index in [0.29, 0.717) is 0 Å². The molecule has 0 N–H and O–H groups in total. The van der Waals surface area contributed by atoms with Crippen molar-refractivity contribution >= 4 is 20.9 Å². The molecule has 0 fully saturated rings. The Morgan fingerprint density at radius 1 is 1.00 bits per heavy atom. The van der Waals surface area contributed by atoms with E-state index < -0.39 is 0 Å². The van der Waals surface area contributed by atoms with Crippen LogP contribution in [0.2, 0.25) is 4.47 Å². The second-order valence-corrected chi connectivity index (χ2v) is 7.83. The molecule has 0 radical (unpaired) electrons. The average molecular weight is 348 g/mol. The molecule has 0 aliphatic rings. The van der Waals surface area contributed by atoms with Gasteiger partial charge in [0.05, 0.1) is 0 Å². The molecule has 1 heteroatoms. The molecular weight excluding hydrogens is 320 g/mol. The summed E-state index contributed by atoms with van der Waals surface area (Å²) in [5.41, 5.74) is 0. The van der Waals surface area contributed by atoms with Gasteiger partial charge in [0.2, 0.25) is 0 Å². The number of rotatable bonds is 9. The molecule has 0 unspecified atom stereocenters. The van der Waals surface area contributed by atoms with E-state index >= 15 is 0 Å². The number of hydrogen-bond donors (Lipinski definition) is 0. The van der Waals surface area contributed by atoms with E-state index in [4.69, 9.17) is 0 Å². The monoisotopic (exact) mass is 350 g/mol. The topological polar surface area (TPSA) is 0 Å². The third-order valence-electron chi connectivity index (χ3n) is 2.55. The first kappa shape index (κ1) is 17.1. The molecule has 0 rings (SSSR count). The molecule has 0 nitrogen and oxygen atoms in total. The SMILES string of the molecule is CCCCC#C/C=C(/CCCC)[Te]CCCC. The van der Waals surface area contributed by atoms with E-state index in [-0.39, 0.29) is 20.9 Å². The fraction of sp³-hybridized carbons (Fsp3) is 0.750. The third kappa shape index (κ3) is 12.3. The zero-order valence-corrected chi connectivity index (χ0v) is 14.2. The Labute approximate surface area is 119 Å². The minimum absolute atomic E-state index is 0.0929. The van der Waals surface area contributed by atoms with Crippen LogP contribution in [0.1, 0.15) is 72.1 Å². The van der Waals surface area contributed by atoms with Crippen LogP contribution < -0.4 is 0 Å². The van der Waals surface area contributed by atoms with Crippen LogP contribution in [0.15, 0.2) is 9.70 Å². The van der Waals surface area contributed by atoms with E-state index in [9.17, 15) is 0 Å². The van der Waals surface area contributed by atoms with Gasteiger partial charge in [-0.05, 0) is 0 Å². The zero-order chi connectivity index (χ0) is 12.8. The molecular formula is C16H28Te. The Hall–Kier alpha value is 0.0896. The predicted molar refractivity (Wildman–Crippen MR) is 80.4 cm³/mol. The summed E-state index contributed by atoms with van der Waals surface area (Å²) in [7, 11) is 0. The van der Waals surface area contributed by atoms with Crippen molar-refractivity contribution in [2.45, 2.75) is 76.6 Å². The van der Waals surface area contributed by atoms with Crippen LogP contribution in [0, 0.1) is 11.8 Å². The van der Waals surface area contributed by atoms with Crippen molar-refractivity contribution in [2.75, 3.05) is 0 Å². The van der Waals surface area contributed by atoms with Crippen molar-refractivity contribution in [3.05, 3.63) is 9.70 Å². The summed E-state index contributed by atoms with van der Waals surface area (Å²) in [4.78, 5) is 0. The molecule has 0 bridgehead atoms. The van der Waals surface area contributed by atoms with Gasteiger partial charge in [0, 0.05) is 0 Å². The first-order valence-electron chi connectivity index (χ1n) is 7.15. The first-order chi connectivity index (χ1) is 8.35. The maximum atomic E-state index is 3.28. The summed E-state index contributed by atoms with van der Waals surface area (Å²) in [5, 5.41) is 0. The van der Waals surface area contributed by atoms with Gasteiger partial charge in [-0.2, -0.15) is 0 Å². The van der Waals surface area contributed by atoms with E-state index in [0.717, 1.165) is 6.42 Å². The molecule has 0 atom stereocenters. The van der Waals surface area contributed by atoms with Crippen molar-refractivity contribution in [3.8, 4) is 11.8 Å². The molecule has 0 amide bonds. The predicted octanol–water partition coefficient (Wildman–Crippen LogP) is 5.18. The molecule has 0 aromatic heterocycles. The van der Waals surface area contributed by atoms with E-state index in [1.54, 1.807) is 3.62 Å². The average Bonchev–Trinajstić information content (AvgIpc) is 2.35. The Bertz CT molecular complexity index is 242. The molecule has 0 aliphatic heterocycles. The first-order valence-corrected chi connectivity index (χ1v) is 9.96. The van der Waals surface area contributed by atoms with Gasteiger partial charge in [-0.1, -0.05) is 0 Å². The molecule has 17 heavy (non-hydrogen) atoms. The van der Waals surface area contributed by atoms with Crippen LogP contribution in [0.3, 0.4) is 0 Å². The number of hydrogen-bond acceptors (Lipinski definition) is 0. The van der Waals surface area contributed by atoms with Gasteiger partial charge in [0.1, 0.15) is 0 Å². The van der Waals surface area contributed by atoms with Crippen LogP contribution in [0.4, 0.5) is 0 Å². The summed E-state index contributed by atoms with van der Waals surface area (Å²) >= 11 is 0.0929. The van der Waals surface area contributed by atoms with Gasteiger partial charge < -0.3 is 0 Å². The molecule has 0 aliphatic carbocycles. The Morgan fingerprint density at radius 2 is 1.71 bits per heavy atom. The molecule has 0 spiro atoms. The van der Waals surface area contributed by atoms with Gasteiger partial charge >= 0.3 is 119 Å². The maximum absolute atomic E-state index is 3.28. The van der Waals surface area contributed by atoms with Crippen molar-refractivity contribution < 1.29 is 0 Å². The summed E-state index contributed by atoms with van der Waals surface area (Å²) in [6.07, 6.45) is 12.5. The van der Waals surface area contributed by atoms with Gasteiger partial charge in [0.25, 0.3) is 0 Å². The second-order valence-electron chi connectivity index (χ2n) is 4.34. The van der Waals surface area contributed by atoms with Crippen LogP contribution in [0.25, 0.3) is 0 Å². The summed E-state index contributed by atoms with van der Waals surface area (Å²) in [6.45, 7) is 6.78. The van der Waals surface area contributed by atoms with E-state index in [1.165, 1.54) is 49.4 Å². The molecule has 0 heterocycles. The van der Waals surface area contributed by atoms with Crippen LogP contribution in [-0.2, 0) is 0 Å². The van der Waals surface area contributed by atoms with Crippen LogP contribution in [-0.4, -0.2) is 20.9 Å². The summed E-state index contributed by atoms with van der Waals surface area (Å²) < 4.78 is 3.17. The van der Waals surface area contributed by atoms with Crippen LogP contribution >= 0.6 is 0 Å². The van der Waals surface area contributed by atoms with Crippen molar-refractivity contribution in [3.63, 3.8) is 0 Å². The molecule has 0 aromatic rings. The zero-order valence-electron chi connectivity index (χ0n) is 11.8. The number of allylic oxidation sites excluding steroid dienone is 2. The Morgan fingerprint density at radius 3 is 2.35 bits per heavy atom. The van der Waals surface area contributed by atoms with E-state index in [1.807, 2.05) is 0 Å². The van der Waals surface area contributed by atoms with Gasteiger partial charge in [-0.25, -0.2) is 0 Å². The molecule has 0 aromatic carbocycles. The number of unbranched alkanes of at least 4 members (excludes halogenated alkanes) is 4. The van der Waals surface area contributed by atoms with Crippen molar-refractivity contribution in [1.82, 2.24) is 0 Å². The van der Waals surface area contributed by atoms with Gasteiger partial charge in [-0.3, -0.25) is 0 Å². The minimum atomic E-state index is 0.0929. The summed E-state index contributed by atoms with van der Waals surface area (Å²) in [5.74, 6) is 6.55.